The summed E-state index contributed by atoms with van der Waals surface area (Å²) >= 11 is 6.05. The van der Waals surface area contributed by atoms with Crippen molar-refractivity contribution in [3.8, 4) is 11.1 Å². The molecule has 3 heterocycles. The number of sulfonamides is 1. The van der Waals surface area contributed by atoms with Crippen LogP contribution >= 0.6 is 11.6 Å². The molecule has 4 aromatic rings. The van der Waals surface area contributed by atoms with Crippen molar-refractivity contribution in [2.45, 2.75) is 11.4 Å². The molecule has 0 N–H and O–H groups in total. The van der Waals surface area contributed by atoms with Gasteiger partial charge in [0, 0.05) is 62.5 Å². The van der Waals surface area contributed by atoms with Gasteiger partial charge in [-0.1, -0.05) is 23.7 Å². The number of pyridine rings is 2. The van der Waals surface area contributed by atoms with Crippen LogP contribution in [0.4, 0.5) is 0 Å². The van der Waals surface area contributed by atoms with Gasteiger partial charge < -0.3 is 0 Å². The molecule has 0 spiro atoms. The number of fused-ring (bicyclic) bond motifs is 1. The van der Waals surface area contributed by atoms with Gasteiger partial charge in [-0.15, -0.1) is 0 Å². The molecule has 0 radical (unpaired) electrons. The second kappa shape index (κ2) is 9.19. The molecule has 1 fully saturated rings. The highest BCUT2D eigenvalue weighted by atomic mass is 35.5. The van der Waals surface area contributed by atoms with E-state index in [1.807, 2.05) is 42.6 Å². The van der Waals surface area contributed by atoms with Crippen molar-refractivity contribution in [2.75, 3.05) is 26.2 Å². The van der Waals surface area contributed by atoms with Gasteiger partial charge in [-0.25, -0.2) is 8.42 Å². The third-order valence-electron chi connectivity index (χ3n) is 6.03. The molecule has 0 atom stereocenters. The summed E-state index contributed by atoms with van der Waals surface area (Å²) in [7, 11) is -3.56. The summed E-state index contributed by atoms with van der Waals surface area (Å²) in [4.78, 5) is 11.0. The van der Waals surface area contributed by atoms with Crippen LogP contribution in [0.3, 0.4) is 0 Å². The molecule has 33 heavy (non-hydrogen) atoms. The summed E-state index contributed by atoms with van der Waals surface area (Å²) in [5.41, 5.74) is 3.34. The van der Waals surface area contributed by atoms with E-state index in [1.54, 1.807) is 41.1 Å². The fourth-order valence-corrected chi connectivity index (χ4v) is 5.88. The first-order chi connectivity index (χ1) is 16.0. The summed E-state index contributed by atoms with van der Waals surface area (Å²) in [6.07, 6.45) is 7.25. The van der Waals surface area contributed by atoms with Crippen LogP contribution in [0.5, 0.6) is 0 Å². The van der Waals surface area contributed by atoms with Crippen LogP contribution in [0.2, 0.25) is 5.02 Å². The maximum atomic E-state index is 13.3. The molecule has 6 nitrogen and oxygen atoms in total. The van der Waals surface area contributed by atoms with Crippen molar-refractivity contribution in [1.29, 1.82) is 0 Å². The Morgan fingerprint density at radius 2 is 1.52 bits per heavy atom. The van der Waals surface area contributed by atoms with Gasteiger partial charge in [0.05, 0.1) is 4.90 Å². The van der Waals surface area contributed by atoms with Crippen molar-refractivity contribution >= 4 is 32.4 Å². The maximum absolute atomic E-state index is 13.3. The smallest absolute Gasteiger partial charge is 0.243 e. The van der Waals surface area contributed by atoms with E-state index in [0.717, 1.165) is 34.0 Å². The lowest BCUT2D eigenvalue weighted by atomic mass is 10.0. The molecular formula is C25H23ClN4O2S. The molecule has 0 bridgehead atoms. The highest BCUT2D eigenvalue weighted by Gasteiger charge is 2.29. The highest BCUT2D eigenvalue weighted by Crippen LogP contribution is 2.27. The fourth-order valence-electron chi connectivity index (χ4n) is 4.24. The molecule has 2 aromatic heterocycles. The van der Waals surface area contributed by atoms with E-state index < -0.39 is 10.0 Å². The lowest BCUT2D eigenvalue weighted by Crippen LogP contribution is -2.48. The second-order valence-corrected chi connectivity index (χ2v) is 10.5. The zero-order valence-electron chi connectivity index (χ0n) is 17.9. The molecule has 168 valence electrons. The van der Waals surface area contributed by atoms with Crippen molar-refractivity contribution in [2.24, 2.45) is 0 Å². The fraction of sp³-hybridized carbons (Fsp3) is 0.200. The van der Waals surface area contributed by atoms with E-state index in [0.29, 0.717) is 36.1 Å². The Morgan fingerprint density at radius 3 is 2.30 bits per heavy atom. The highest BCUT2D eigenvalue weighted by molar-refractivity contribution is 7.89. The Bertz CT molecular complexity index is 1390. The minimum absolute atomic E-state index is 0.318. The van der Waals surface area contributed by atoms with Crippen LogP contribution in [-0.4, -0.2) is 53.8 Å². The summed E-state index contributed by atoms with van der Waals surface area (Å²) in [5.74, 6) is 0. The number of rotatable bonds is 5. The Kier molecular flexibility index (Phi) is 6.12. The number of aromatic nitrogens is 2. The number of benzene rings is 2. The summed E-state index contributed by atoms with van der Waals surface area (Å²) in [6, 6.07) is 16.7. The molecule has 5 rings (SSSR count). The zero-order valence-corrected chi connectivity index (χ0v) is 19.5. The van der Waals surface area contributed by atoms with Gasteiger partial charge >= 0.3 is 0 Å². The maximum Gasteiger partial charge on any atom is 0.243 e. The normalized spacial score (nSPS) is 15.7. The van der Waals surface area contributed by atoms with Crippen molar-refractivity contribution in [1.82, 2.24) is 19.2 Å². The second-order valence-electron chi connectivity index (χ2n) is 8.10. The number of hydrogen-bond acceptors (Lipinski definition) is 5. The van der Waals surface area contributed by atoms with Crippen LogP contribution < -0.4 is 0 Å². The Labute approximate surface area is 198 Å². The Morgan fingerprint density at radius 1 is 0.818 bits per heavy atom. The molecule has 2 aromatic carbocycles. The van der Waals surface area contributed by atoms with E-state index in [9.17, 15) is 8.42 Å². The van der Waals surface area contributed by atoms with E-state index in [4.69, 9.17) is 11.6 Å². The molecule has 8 heteroatoms. The third kappa shape index (κ3) is 4.63. The zero-order chi connectivity index (χ0) is 22.8. The van der Waals surface area contributed by atoms with Gasteiger partial charge in [-0.2, -0.15) is 4.31 Å². The first kappa shape index (κ1) is 22.0. The van der Waals surface area contributed by atoms with Crippen molar-refractivity contribution < 1.29 is 8.42 Å². The summed E-state index contributed by atoms with van der Waals surface area (Å²) in [6.45, 7) is 2.94. The molecule has 0 aliphatic carbocycles. The predicted molar refractivity (Wildman–Crippen MR) is 130 cm³/mol. The average molecular weight is 479 g/mol. The van der Waals surface area contributed by atoms with Gasteiger partial charge in [0.25, 0.3) is 0 Å². The standard InChI is InChI=1S/C25H23ClN4O2S/c26-23-3-1-21-16-24(4-2-20(21)15-23)33(31,32)30-13-11-29(12-14-30)18-22-17-28-10-7-25(22)19-5-8-27-9-6-19/h1-10,15-17H,11-14,18H2. The van der Waals surface area contributed by atoms with E-state index in [2.05, 4.69) is 14.9 Å². The van der Waals surface area contributed by atoms with E-state index in [1.165, 1.54) is 0 Å². The topological polar surface area (TPSA) is 66.4 Å². The van der Waals surface area contributed by atoms with Crippen molar-refractivity contribution in [3.05, 3.63) is 90.0 Å². The van der Waals surface area contributed by atoms with Crippen LogP contribution in [0, 0.1) is 0 Å². The minimum Gasteiger partial charge on any atom is -0.296 e. The molecule has 0 amide bonds. The van der Waals surface area contributed by atoms with E-state index >= 15 is 0 Å². The molecule has 1 aliphatic rings. The molecule has 1 aliphatic heterocycles. The lowest BCUT2D eigenvalue weighted by molar-refractivity contribution is 0.181. The van der Waals surface area contributed by atoms with Crippen LogP contribution in [0.25, 0.3) is 21.9 Å². The summed E-state index contributed by atoms with van der Waals surface area (Å²) in [5, 5.41) is 2.42. The monoisotopic (exact) mass is 478 g/mol. The van der Waals surface area contributed by atoms with Crippen molar-refractivity contribution in [3.63, 3.8) is 0 Å². The number of nitrogens with zero attached hydrogens (tertiary/aromatic N) is 4. The van der Waals surface area contributed by atoms with Crippen LogP contribution in [0.1, 0.15) is 5.56 Å². The Balaban J connectivity index is 1.29. The van der Waals surface area contributed by atoms with Gasteiger partial charge in [0.2, 0.25) is 10.0 Å². The SMILES string of the molecule is O=S(=O)(c1ccc2cc(Cl)ccc2c1)N1CCN(Cc2cnccc2-c2ccncc2)CC1. The third-order valence-corrected chi connectivity index (χ3v) is 8.16. The van der Waals surface area contributed by atoms with Gasteiger partial charge in [0.15, 0.2) is 0 Å². The Hall–Kier alpha value is -2.84. The lowest BCUT2D eigenvalue weighted by Gasteiger charge is -2.34. The number of hydrogen-bond donors (Lipinski definition) is 0. The molecule has 1 saturated heterocycles. The average Bonchev–Trinajstić information content (AvgIpc) is 2.85. The van der Waals surface area contributed by atoms with Crippen LogP contribution in [0.15, 0.2) is 84.3 Å². The van der Waals surface area contributed by atoms with Gasteiger partial charge in [-0.05, 0) is 69.9 Å². The molecular weight excluding hydrogens is 456 g/mol. The first-order valence-electron chi connectivity index (χ1n) is 10.8. The largest absolute Gasteiger partial charge is 0.296 e. The molecule has 0 unspecified atom stereocenters. The molecule has 0 saturated carbocycles. The van der Waals surface area contributed by atoms with Gasteiger partial charge in [-0.3, -0.25) is 14.9 Å². The minimum atomic E-state index is -3.56. The number of piperazine rings is 1. The van der Waals surface area contributed by atoms with E-state index in [-0.39, 0.29) is 0 Å². The van der Waals surface area contributed by atoms with Crippen LogP contribution in [-0.2, 0) is 16.6 Å². The first-order valence-corrected chi connectivity index (χ1v) is 12.6. The number of halogens is 1. The summed E-state index contributed by atoms with van der Waals surface area (Å²) < 4.78 is 28.1. The quantitative estimate of drug-likeness (QED) is 0.423. The predicted octanol–water partition coefficient (Wildman–Crippen LogP) is 4.46. The van der Waals surface area contributed by atoms with Gasteiger partial charge in [0.1, 0.15) is 0 Å².